The number of carbonyl (C=O) groups is 2. The van der Waals surface area contributed by atoms with Gasteiger partial charge in [0.1, 0.15) is 6.10 Å². The average Bonchev–Trinajstić information content (AvgIpc) is 2.82. The highest BCUT2D eigenvalue weighted by atomic mass is 79.9. The van der Waals surface area contributed by atoms with Gasteiger partial charge in [-0.2, -0.15) is 0 Å². The summed E-state index contributed by atoms with van der Waals surface area (Å²) in [7, 11) is 0. The maximum Gasteiger partial charge on any atom is 0.310 e. The number of ether oxygens (including phenoxy) is 2. The third-order valence-electron chi connectivity index (χ3n) is 4.08. The van der Waals surface area contributed by atoms with E-state index in [4.69, 9.17) is 9.47 Å². The van der Waals surface area contributed by atoms with Crippen molar-refractivity contribution in [3.63, 3.8) is 0 Å². The summed E-state index contributed by atoms with van der Waals surface area (Å²) < 4.78 is 10.4. The quantitative estimate of drug-likeness (QED) is 0.564. The molecule has 4 nitrogen and oxygen atoms in total. The molecule has 0 aromatic rings. The minimum atomic E-state index is -0.291. The van der Waals surface area contributed by atoms with Crippen molar-refractivity contribution in [1.82, 2.24) is 0 Å². The summed E-state index contributed by atoms with van der Waals surface area (Å²) in [6.07, 6.45) is 0.883. The molecule has 3 rings (SSSR count). The Morgan fingerprint density at radius 1 is 1.56 bits per heavy atom. The first-order valence-corrected chi connectivity index (χ1v) is 6.58. The number of alkyl halides is 1. The van der Waals surface area contributed by atoms with Gasteiger partial charge in [-0.05, 0) is 19.3 Å². The molecule has 0 unspecified atom stereocenters. The minimum absolute atomic E-state index is 0.0202. The molecule has 88 valence electrons. The second-order valence-corrected chi connectivity index (χ2v) is 5.77. The molecule has 3 aliphatic rings. The topological polar surface area (TPSA) is 52.6 Å². The van der Waals surface area contributed by atoms with E-state index >= 15 is 0 Å². The lowest BCUT2D eigenvalue weighted by Gasteiger charge is -2.26. The van der Waals surface area contributed by atoms with E-state index in [0.717, 1.165) is 6.42 Å². The summed E-state index contributed by atoms with van der Waals surface area (Å²) in [4.78, 5) is 23.7. The molecular weight excluding hydrogens is 276 g/mol. The maximum absolute atomic E-state index is 11.9. The van der Waals surface area contributed by atoms with Crippen molar-refractivity contribution in [3.8, 4) is 0 Å². The molecule has 16 heavy (non-hydrogen) atoms. The molecule has 0 radical (unpaired) electrons. The molecule has 6 atom stereocenters. The standard InChI is InChI=1S/C11H13BrO4/c1-2-15-10(13)6-4-3-5-7(6)11(14)16-9(5)8(4)12/h4-9H,2-3H2,1H3/t4-,5+,6+,7-,8+,9-/m0/s1. The van der Waals surface area contributed by atoms with Gasteiger partial charge in [0, 0.05) is 5.92 Å². The Bertz CT molecular complexity index is 356. The summed E-state index contributed by atoms with van der Waals surface area (Å²) in [5.41, 5.74) is 0. The number of esters is 2. The van der Waals surface area contributed by atoms with Gasteiger partial charge in [-0.15, -0.1) is 0 Å². The molecule has 1 saturated heterocycles. The van der Waals surface area contributed by atoms with Crippen molar-refractivity contribution >= 4 is 27.9 Å². The van der Waals surface area contributed by atoms with Crippen molar-refractivity contribution in [1.29, 1.82) is 0 Å². The zero-order chi connectivity index (χ0) is 11.4. The van der Waals surface area contributed by atoms with Crippen LogP contribution in [0.4, 0.5) is 0 Å². The molecule has 0 aromatic heterocycles. The van der Waals surface area contributed by atoms with Crippen LogP contribution >= 0.6 is 15.9 Å². The van der Waals surface area contributed by atoms with Crippen molar-refractivity contribution in [2.45, 2.75) is 24.3 Å². The van der Waals surface area contributed by atoms with Crippen LogP contribution in [0.1, 0.15) is 13.3 Å². The first-order valence-electron chi connectivity index (χ1n) is 5.66. The highest BCUT2D eigenvalue weighted by Gasteiger charge is 2.68. The van der Waals surface area contributed by atoms with E-state index in [1.165, 1.54) is 0 Å². The first kappa shape index (κ1) is 10.6. The lowest BCUT2D eigenvalue weighted by molar-refractivity contribution is -0.155. The van der Waals surface area contributed by atoms with Gasteiger partial charge in [-0.25, -0.2) is 0 Å². The van der Waals surface area contributed by atoms with Gasteiger partial charge in [0.15, 0.2) is 0 Å². The normalized spacial score (nSPS) is 48.2. The van der Waals surface area contributed by atoms with Crippen LogP contribution in [0.2, 0.25) is 0 Å². The molecule has 2 bridgehead atoms. The zero-order valence-corrected chi connectivity index (χ0v) is 10.5. The smallest absolute Gasteiger partial charge is 0.310 e. The average molecular weight is 289 g/mol. The molecule has 2 saturated carbocycles. The van der Waals surface area contributed by atoms with Crippen LogP contribution in [0, 0.1) is 23.7 Å². The summed E-state index contributed by atoms with van der Waals surface area (Å²) in [6.45, 7) is 2.15. The van der Waals surface area contributed by atoms with Crippen molar-refractivity contribution < 1.29 is 19.1 Å². The Morgan fingerprint density at radius 3 is 3.00 bits per heavy atom. The predicted octanol–water partition coefficient (Wildman–Crippen LogP) is 1.12. The van der Waals surface area contributed by atoms with Crippen LogP contribution in [-0.4, -0.2) is 29.5 Å². The number of rotatable bonds is 2. The predicted molar refractivity (Wildman–Crippen MR) is 57.8 cm³/mol. The SMILES string of the molecule is CCOC(=O)[C@@H]1[C@@H]2C[C@H]3[C@H](OC(=O)[C@@H]31)[C@@H]2Br. The molecule has 0 aromatic carbocycles. The second-order valence-electron chi connectivity index (χ2n) is 4.71. The number of hydrogen-bond donors (Lipinski definition) is 0. The molecule has 5 heteroatoms. The third-order valence-corrected chi connectivity index (χ3v) is 5.28. The Labute approximate surface area is 102 Å². The van der Waals surface area contributed by atoms with Crippen molar-refractivity contribution in [3.05, 3.63) is 0 Å². The fourth-order valence-corrected chi connectivity index (χ4v) is 4.58. The second kappa shape index (κ2) is 3.45. The largest absolute Gasteiger partial charge is 0.466 e. The van der Waals surface area contributed by atoms with E-state index in [9.17, 15) is 9.59 Å². The molecule has 0 spiro atoms. The monoisotopic (exact) mass is 288 g/mol. The van der Waals surface area contributed by atoms with E-state index in [0.29, 0.717) is 6.61 Å². The van der Waals surface area contributed by atoms with E-state index in [2.05, 4.69) is 15.9 Å². The van der Waals surface area contributed by atoms with Gasteiger partial charge < -0.3 is 9.47 Å². The van der Waals surface area contributed by atoms with E-state index in [1.54, 1.807) is 6.92 Å². The summed E-state index contributed by atoms with van der Waals surface area (Å²) in [5, 5.41) is 0. The van der Waals surface area contributed by atoms with Gasteiger partial charge in [-0.3, -0.25) is 9.59 Å². The fourth-order valence-electron chi connectivity index (χ4n) is 3.53. The number of hydrogen-bond acceptors (Lipinski definition) is 4. The van der Waals surface area contributed by atoms with Crippen LogP contribution < -0.4 is 0 Å². The van der Waals surface area contributed by atoms with Gasteiger partial charge in [0.2, 0.25) is 0 Å². The fraction of sp³-hybridized carbons (Fsp3) is 0.818. The Balaban J connectivity index is 1.90. The minimum Gasteiger partial charge on any atom is -0.466 e. The molecule has 3 fully saturated rings. The van der Waals surface area contributed by atoms with Gasteiger partial charge >= 0.3 is 11.9 Å². The summed E-state index contributed by atoms with van der Waals surface area (Å²) >= 11 is 3.55. The van der Waals surface area contributed by atoms with Crippen LogP contribution in [0.5, 0.6) is 0 Å². The van der Waals surface area contributed by atoms with Gasteiger partial charge in [0.25, 0.3) is 0 Å². The number of halogens is 1. The van der Waals surface area contributed by atoms with Crippen molar-refractivity contribution in [2.75, 3.05) is 6.61 Å². The molecule has 0 amide bonds. The van der Waals surface area contributed by atoms with Crippen LogP contribution in [0.15, 0.2) is 0 Å². The zero-order valence-electron chi connectivity index (χ0n) is 8.89. The maximum atomic E-state index is 11.9. The first-order chi connectivity index (χ1) is 7.65. The van der Waals surface area contributed by atoms with E-state index < -0.39 is 0 Å². The lowest BCUT2D eigenvalue weighted by atomic mass is 9.80. The Kier molecular flexibility index (Phi) is 2.28. The van der Waals surface area contributed by atoms with Crippen molar-refractivity contribution in [2.24, 2.45) is 23.7 Å². The molecule has 2 aliphatic carbocycles. The third kappa shape index (κ3) is 1.15. The molecule has 1 heterocycles. The van der Waals surface area contributed by atoms with Gasteiger partial charge in [0.05, 0.1) is 23.3 Å². The van der Waals surface area contributed by atoms with Crippen LogP contribution in [-0.2, 0) is 19.1 Å². The van der Waals surface area contributed by atoms with Crippen LogP contribution in [0.25, 0.3) is 0 Å². The molecule has 0 N–H and O–H groups in total. The highest BCUT2D eigenvalue weighted by Crippen LogP contribution is 2.60. The Morgan fingerprint density at radius 2 is 2.31 bits per heavy atom. The summed E-state index contributed by atoms with van der Waals surface area (Å²) in [5.74, 6) is -0.565. The van der Waals surface area contributed by atoms with Gasteiger partial charge in [-0.1, -0.05) is 15.9 Å². The lowest BCUT2D eigenvalue weighted by Crippen LogP contribution is -2.38. The highest BCUT2D eigenvalue weighted by molar-refractivity contribution is 9.09. The van der Waals surface area contributed by atoms with Crippen LogP contribution in [0.3, 0.4) is 0 Å². The number of fused-ring (bicyclic) bond motifs is 1. The number of carbonyl (C=O) groups excluding carboxylic acids is 2. The van der Waals surface area contributed by atoms with E-state index in [-0.39, 0.29) is 46.5 Å². The Hall–Kier alpha value is -0.580. The molecular formula is C11H13BrO4. The van der Waals surface area contributed by atoms with E-state index in [1.807, 2.05) is 0 Å². The summed E-state index contributed by atoms with van der Waals surface area (Å²) in [6, 6.07) is 0. The molecule has 1 aliphatic heterocycles.